The third-order valence-electron chi connectivity index (χ3n) is 4.02. The van der Waals surface area contributed by atoms with Crippen LogP contribution in [0.3, 0.4) is 0 Å². The Morgan fingerprint density at radius 2 is 1.86 bits per heavy atom. The maximum Gasteiger partial charge on any atom is 0.514 e. The topological polar surface area (TPSA) is 40.6 Å². The van der Waals surface area contributed by atoms with Gasteiger partial charge in [0.1, 0.15) is 0 Å². The minimum absolute atomic E-state index is 0.177. The minimum atomic E-state index is -2.63. The fourth-order valence-electron chi connectivity index (χ4n) is 2.04. The van der Waals surface area contributed by atoms with Crippen molar-refractivity contribution < 1.29 is 25.0 Å². The van der Waals surface area contributed by atoms with Gasteiger partial charge in [-0.1, -0.05) is 6.04 Å². The Kier molecular flexibility index (Phi) is 2.07. The molecule has 0 bridgehead atoms. The molecule has 2 aliphatic heterocycles. The summed E-state index contributed by atoms with van der Waals surface area (Å²) < 4.78 is 83.0. The second-order valence-corrected chi connectivity index (χ2v) is 6.03. The average molecular weight is 297 g/mol. The molecular weight excluding hydrogens is 265 g/mol. The summed E-state index contributed by atoms with van der Waals surface area (Å²) in [5.74, 6) is -2.63. The highest BCUT2D eigenvalue weighted by molar-refractivity contribution is 6.61. The molecule has 0 aromatic carbocycles. The molecule has 21 heavy (non-hydrogen) atoms. The third kappa shape index (κ3) is 2.87. The van der Waals surface area contributed by atoms with Crippen LogP contribution in [0.2, 0.25) is 0 Å². The number of ether oxygens (including phenoxy) is 1. The van der Waals surface area contributed by atoms with Crippen LogP contribution in [0.1, 0.15) is 63.0 Å². The first kappa shape index (κ1) is 8.09. The number of nitrogens with zero attached hydrogens (tertiary/aromatic N) is 1. The zero-order chi connectivity index (χ0) is 22.2. The van der Waals surface area contributed by atoms with Crippen LogP contribution in [0.5, 0.6) is 0 Å². The van der Waals surface area contributed by atoms with Crippen molar-refractivity contribution in [1.82, 2.24) is 4.98 Å². The van der Waals surface area contributed by atoms with Gasteiger partial charge in [0.25, 0.3) is 0 Å². The fraction of sp³-hybridized carbons (Fsp3) is 0.688. The Labute approximate surface area is 138 Å². The molecule has 0 aliphatic carbocycles. The van der Waals surface area contributed by atoms with Crippen LogP contribution in [0.25, 0.3) is 0 Å². The predicted octanol–water partition coefficient (Wildman–Crippen LogP) is 2.27. The van der Waals surface area contributed by atoms with Gasteiger partial charge >= 0.3 is 7.12 Å². The maximum absolute atomic E-state index is 8.76. The van der Waals surface area contributed by atoms with E-state index in [0.717, 1.165) is 0 Å². The van der Waals surface area contributed by atoms with Crippen molar-refractivity contribution in [2.24, 2.45) is 0 Å². The molecule has 0 N–H and O–H groups in total. The lowest BCUT2D eigenvalue weighted by atomic mass is 9.83. The van der Waals surface area contributed by atoms with E-state index in [1.807, 2.05) is 0 Å². The summed E-state index contributed by atoms with van der Waals surface area (Å²) in [5, 5.41) is 0. The third-order valence-corrected chi connectivity index (χ3v) is 4.02. The maximum atomic E-state index is 8.76. The van der Waals surface area contributed by atoms with Crippen molar-refractivity contribution in [1.29, 1.82) is 0 Å². The van der Waals surface area contributed by atoms with Gasteiger partial charge in [-0.05, 0) is 52.5 Å². The van der Waals surface area contributed by atoms with Gasteiger partial charge in [0, 0.05) is 31.7 Å². The van der Waals surface area contributed by atoms with E-state index in [0.29, 0.717) is 0 Å². The Hall–Kier alpha value is -0.905. The number of hydrogen-bond acceptors (Lipinski definition) is 4. The van der Waals surface area contributed by atoms with Crippen LogP contribution in [0.4, 0.5) is 0 Å². The van der Waals surface area contributed by atoms with Crippen molar-refractivity contribution in [2.45, 2.75) is 57.5 Å². The molecule has 2 saturated heterocycles. The highest BCUT2D eigenvalue weighted by Crippen LogP contribution is 2.36. The first-order chi connectivity index (χ1) is 13.0. The Morgan fingerprint density at radius 3 is 2.48 bits per heavy atom. The Balaban J connectivity index is 2.22. The predicted molar refractivity (Wildman–Crippen MR) is 82.7 cm³/mol. The summed E-state index contributed by atoms with van der Waals surface area (Å²) in [6, 6.07) is -1.70. The van der Waals surface area contributed by atoms with E-state index in [1.165, 1.54) is 0 Å². The smallest absolute Gasteiger partial charge is 0.398 e. The molecule has 114 valence electrons. The lowest BCUT2D eigenvalue weighted by Gasteiger charge is -2.32. The molecule has 2 aliphatic rings. The van der Waals surface area contributed by atoms with Gasteiger partial charge in [-0.25, -0.2) is 0 Å². The Bertz CT molecular complexity index is 816. The summed E-state index contributed by atoms with van der Waals surface area (Å²) in [6.07, 6.45) is -5.05. The van der Waals surface area contributed by atoms with Crippen LogP contribution in [0, 0.1) is 0 Å². The summed E-state index contributed by atoms with van der Waals surface area (Å²) >= 11 is 0. The van der Waals surface area contributed by atoms with E-state index in [9.17, 15) is 0 Å². The average Bonchev–Trinajstić information content (AvgIpc) is 2.78. The largest absolute Gasteiger partial charge is 0.514 e. The molecule has 1 aromatic heterocycles. The highest BCUT2D eigenvalue weighted by Gasteiger charge is 2.52. The molecule has 0 radical (unpaired) electrons. The van der Waals surface area contributed by atoms with Crippen LogP contribution in [-0.2, 0) is 14.0 Å². The van der Waals surface area contributed by atoms with Gasteiger partial charge in [0.15, 0.2) is 0 Å². The number of pyridine rings is 1. The quantitative estimate of drug-likeness (QED) is 0.785. The molecule has 4 nitrogen and oxygen atoms in total. The van der Waals surface area contributed by atoms with E-state index < -0.39 is 74.0 Å². The second kappa shape index (κ2) is 5.38. The highest BCUT2D eigenvalue weighted by atomic mass is 16.7. The van der Waals surface area contributed by atoms with E-state index >= 15 is 0 Å². The zero-order valence-corrected chi connectivity index (χ0v) is 12.7. The van der Waals surface area contributed by atoms with Gasteiger partial charge in [-0.15, -0.1) is 0 Å². The van der Waals surface area contributed by atoms with Crippen LogP contribution >= 0.6 is 0 Å². The van der Waals surface area contributed by atoms with Crippen molar-refractivity contribution in [2.75, 3.05) is 13.2 Å². The summed E-state index contributed by atoms with van der Waals surface area (Å²) in [6.45, 7) is 6.05. The van der Waals surface area contributed by atoms with Crippen LogP contribution < -0.4 is 5.59 Å². The van der Waals surface area contributed by atoms with Crippen molar-refractivity contribution in [3.63, 3.8) is 0 Å². The molecule has 3 heterocycles. The first-order valence-electron chi connectivity index (χ1n) is 10.9. The number of hydrogen-bond donors (Lipinski definition) is 0. The molecule has 0 spiro atoms. The van der Waals surface area contributed by atoms with Gasteiger partial charge in [0.2, 0.25) is 0 Å². The minimum Gasteiger partial charge on any atom is -0.398 e. The van der Waals surface area contributed by atoms with Crippen LogP contribution in [-0.4, -0.2) is 36.5 Å². The van der Waals surface area contributed by atoms with Crippen molar-refractivity contribution in [3.8, 4) is 0 Å². The molecule has 2 fully saturated rings. The Morgan fingerprint density at radius 1 is 1.24 bits per heavy atom. The summed E-state index contributed by atoms with van der Waals surface area (Å²) in [4.78, 5) is 4.16. The van der Waals surface area contributed by atoms with Gasteiger partial charge in [0.05, 0.1) is 20.9 Å². The van der Waals surface area contributed by atoms with Crippen molar-refractivity contribution in [3.05, 3.63) is 23.8 Å². The molecule has 0 unspecified atom stereocenters. The second-order valence-electron chi connectivity index (χ2n) is 6.03. The SMILES string of the molecule is [2H]c1c(B2OC(C)(C)C(C)(C)O2)nc(C2([2H])C([2H])([2H])COCC2([2H])[2H])c([2H])c1[2H]. The van der Waals surface area contributed by atoms with E-state index in [4.69, 9.17) is 25.0 Å². The molecule has 0 saturated carbocycles. The molecule has 0 amide bonds. The summed E-state index contributed by atoms with van der Waals surface area (Å²) in [7, 11) is -1.17. The lowest BCUT2D eigenvalue weighted by Crippen LogP contribution is -2.41. The number of rotatable bonds is 2. The standard InChI is InChI=1S/C16H24BNO3/c1-15(2)16(3,4)21-17(20-15)14-7-5-6-13(18-14)12-8-10-19-11-9-12/h5-7,12H,8-11H2,1-4H3/i5D,6D,7D,8D2,9D2,12D. The van der Waals surface area contributed by atoms with E-state index in [-0.39, 0.29) is 5.59 Å². The molecule has 0 atom stereocenters. The van der Waals surface area contributed by atoms with Gasteiger partial charge in [-0.2, -0.15) is 0 Å². The molecule has 5 heteroatoms. The van der Waals surface area contributed by atoms with Crippen LogP contribution in [0.15, 0.2) is 18.1 Å². The lowest BCUT2D eigenvalue weighted by molar-refractivity contribution is 0.00578. The van der Waals surface area contributed by atoms with Crippen molar-refractivity contribution >= 4 is 12.7 Å². The number of aromatic nitrogens is 1. The van der Waals surface area contributed by atoms with E-state index in [1.54, 1.807) is 27.7 Å². The molecular formula is C16H24BNO3. The fourth-order valence-corrected chi connectivity index (χ4v) is 2.04. The van der Waals surface area contributed by atoms with Gasteiger partial charge < -0.3 is 14.0 Å². The van der Waals surface area contributed by atoms with Gasteiger partial charge in [-0.3, -0.25) is 4.98 Å². The molecule has 3 rings (SSSR count). The summed E-state index contributed by atoms with van der Waals surface area (Å²) in [5.41, 5.74) is -2.28. The first-order valence-corrected chi connectivity index (χ1v) is 6.90. The zero-order valence-electron chi connectivity index (χ0n) is 20.7. The normalized spacial score (nSPS) is 37.0. The monoisotopic (exact) mass is 297 g/mol. The molecule has 1 aromatic rings. The van der Waals surface area contributed by atoms with E-state index in [2.05, 4.69) is 4.98 Å².